The highest BCUT2D eigenvalue weighted by Gasteiger charge is 2.33. The van der Waals surface area contributed by atoms with E-state index in [4.69, 9.17) is 0 Å². The highest BCUT2D eigenvalue weighted by molar-refractivity contribution is 5.27. The quantitative estimate of drug-likeness (QED) is 0.883. The van der Waals surface area contributed by atoms with Crippen molar-refractivity contribution in [1.29, 1.82) is 0 Å². The van der Waals surface area contributed by atoms with Crippen molar-refractivity contribution in [3.63, 3.8) is 0 Å². The molecule has 1 heterocycles. The molecular formula is C17H22FN3. The number of hydrogen-bond acceptors (Lipinski definition) is 2. The van der Waals surface area contributed by atoms with Gasteiger partial charge in [-0.05, 0) is 30.5 Å². The first-order valence-corrected chi connectivity index (χ1v) is 7.74. The Morgan fingerprint density at radius 3 is 2.81 bits per heavy atom. The van der Waals surface area contributed by atoms with Crippen molar-refractivity contribution in [3.8, 4) is 0 Å². The Morgan fingerprint density at radius 1 is 1.24 bits per heavy atom. The van der Waals surface area contributed by atoms with Crippen LogP contribution in [0.3, 0.4) is 0 Å². The largest absolute Gasteiger partial charge is 0.348 e. The van der Waals surface area contributed by atoms with E-state index in [1.807, 2.05) is 12.3 Å². The molecule has 112 valence electrons. The molecular weight excluding hydrogens is 265 g/mol. The second kappa shape index (κ2) is 6.39. The minimum Gasteiger partial charge on any atom is -0.348 e. The fraction of sp³-hybridized carbons (Fsp3) is 0.471. The fourth-order valence-electron chi connectivity index (χ4n) is 3.43. The average molecular weight is 287 g/mol. The van der Waals surface area contributed by atoms with Crippen LogP contribution in [0.4, 0.5) is 4.39 Å². The molecule has 1 fully saturated rings. The van der Waals surface area contributed by atoms with Gasteiger partial charge in [0.2, 0.25) is 0 Å². The van der Waals surface area contributed by atoms with Gasteiger partial charge in [0, 0.05) is 24.4 Å². The summed E-state index contributed by atoms with van der Waals surface area (Å²) in [6.45, 7) is 1.60. The standard InChI is InChI=1S/C17H22FN3/c18-15-6-4-5-14(11-15)17(7-2-1-3-8-17)13-19-12-16-20-9-10-21-16/h4-6,9-11,19H,1-3,7-8,12-13H2,(H,20,21). The maximum Gasteiger partial charge on any atom is 0.123 e. The molecule has 4 heteroatoms. The summed E-state index contributed by atoms with van der Waals surface area (Å²) in [6.07, 6.45) is 9.58. The molecule has 0 atom stereocenters. The van der Waals surface area contributed by atoms with Crippen LogP contribution < -0.4 is 5.32 Å². The van der Waals surface area contributed by atoms with Crippen LogP contribution >= 0.6 is 0 Å². The Labute approximate surface area is 125 Å². The lowest BCUT2D eigenvalue weighted by Gasteiger charge is -2.38. The van der Waals surface area contributed by atoms with E-state index in [-0.39, 0.29) is 11.2 Å². The number of halogens is 1. The van der Waals surface area contributed by atoms with Gasteiger partial charge in [-0.2, -0.15) is 0 Å². The van der Waals surface area contributed by atoms with Crippen molar-refractivity contribution in [2.45, 2.75) is 44.1 Å². The molecule has 1 saturated carbocycles. The lowest BCUT2D eigenvalue weighted by molar-refractivity contribution is 0.278. The number of nitrogens with zero attached hydrogens (tertiary/aromatic N) is 1. The third-order valence-electron chi connectivity index (χ3n) is 4.56. The smallest absolute Gasteiger partial charge is 0.123 e. The molecule has 0 amide bonds. The molecule has 21 heavy (non-hydrogen) atoms. The van der Waals surface area contributed by atoms with Crippen LogP contribution in [0.5, 0.6) is 0 Å². The number of hydrogen-bond donors (Lipinski definition) is 2. The van der Waals surface area contributed by atoms with Crippen LogP contribution in [-0.2, 0) is 12.0 Å². The molecule has 1 aromatic heterocycles. The molecule has 1 aromatic carbocycles. The van der Waals surface area contributed by atoms with Crippen LogP contribution in [0.1, 0.15) is 43.5 Å². The van der Waals surface area contributed by atoms with Crippen LogP contribution in [0.2, 0.25) is 0 Å². The number of rotatable bonds is 5. The first kappa shape index (κ1) is 14.3. The fourth-order valence-corrected chi connectivity index (χ4v) is 3.43. The van der Waals surface area contributed by atoms with Crippen LogP contribution in [0.15, 0.2) is 36.7 Å². The van der Waals surface area contributed by atoms with E-state index < -0.39 is 0 Å². The van der Waals surface area contributed by atoms with Gasteiger partial charge < -0.3 is 10.3 Å². The number of benzene rings is 1. The van der Waals surface area contributed by atoms with Gasteiger partial charge in [-0.1, -0.05) is 31.4 Å². The zero-order valence-corrected chi connectivity index (χ0v) is 12.2. The van der Waals surface area contributed by atoms with Gasteiger partial charge in [-0.25, -0.2) is 9.37 Å². The molecule has 0 saturated heterocycles. The third-order valence-corrected chi connectivity index (χ3v) is 4.56. The van der Waals surface area contributed by atoms with Crippen molar-refractivity contribution in [3.05, 3.63) is 53.9 Å². The van der Waals surface area contributed by atoms with Crippen LogP contribution in [0.25, 0.3) is 0 Å². The molecule has 0 spiro atoms. The van der Waals surface area contributed by atoms with E-state index >= 15 is 0 Å². The van der Waals surface area contributed by atoms with E-state index in [0.717, 1.165) is 37.3 Å². The van der Waals surface area contributed by atoms with E-state index in [1.165, 1.54) is 25.3 Å². The number of imidazole rings is 1. The van der Waals surface area contributed by atoms with Gasteiger partial charge in [0.15, 0.2) is 0 Å². The predicted molar refractivity (Wildman–Crippen MR) is 81.5 cm³/mol. The summed E-state index contributed by atoms with van der Waals surface area (Å²) in [4.78, 5) is 7.33. The van der Waals surface area contributed by atoms with Gasteiger partial charge in [0.1, 0.15) is 11.6 Å². The number of H-pyrrole nitrogens is 1. The summed E-state index contributed by atoms with van der Waals surface area (Å²) in [5, 5.41) is 3.50. The third kappa shape index (κ3) is 3.32. The topological polar surface area (TPSA) is 40.7 Å². The Morgan fingerprint density at radius 2 is 2.10 bits per heavy atom. The van der Waals surface area contributed by atoms with E-state index in [9.17, 15) is 4.39 Å². The van der Waals surface area contributed by atoms with E-state index in [1.54, 1.807) is 12.3 Å². The van der Waals surface area contributed by atoms with Gasteiger partial charge in [0.25, 0.3) is 0 Å². The van der Waals surface area contributed by atoms with Crippen LogP contribution in [0, 0.1) is 5.82 Å². The first-order valence-electron chi connectivity index (χ1n) is 7.74. The lowest BCUT2D eigenvalue weighted by atomic mass is 9.69. The number of aromatic amines is 1. The maximum atomic E-state index is 13.6. The summed E-state index contributed by atoms with van der Waals surface area (Å²) in [6, 6.07) is 7.13. The second-order valence-electron chi connectivity index (χ2n) is 5.99. The molecule has 0 radical (unpaired) electrons. The Bertz CT molecular complexity index is 559. The van der Waals surface area contributed by atoms with Gasteiger partial charge in [-0.15, -0.1) is 0 Å². The SMILES string of the molecule is Fc1cccc(C2(CNCc3ncc[nH]3)CCCCC2)c1. The molecule has 2 N–H and O–H groups in total. The monoisotopic (exact) mass is 287 g/mol. The van der Waals surface area contributed by atoms with Crippen molar-refractivity contribution in [1.82, 2.24) is 15.3 Å². The lowest BCUT2D eigenvalue weighted by Crippen LogP contribution is -2.40. The Balaban J connectivity index is 1.73. The minimum atomic E-state index is -0.136. The van der Waals surface area contributed by atoms with Crippen molar-refractivity contribution >= 4 is 0 Å². The van der Waals surface area contributed by atoms with Crippen molar-refractivity contribution < 1.29 is 4.39 Å². The molecule has 0 unspecified atom stereocenters. The van der Waals surface area contributed by atoms with Gasteiger partial charge in [0.05, 0.1) is 6.54 Å². The minimum absolute atomic E-state index is 0.0624. The normalized spacial score (nSPS) is 17.8. The van der Waals surface area contributed by atoms with Crippen LogP contribution in [-0.4, -0.2) is 16.5 Å². The van der Waals surface area contributed by atoms with Crippen molar-refractivity contribution in [2.75, 3.05) is 6.54 Å². The predicted octanol–water partition coefficient (Wildman–Crippen LogP) is 3.54. The van der Waals surface area contributed by atoms with E-state index in [2.05, 4.69) is 21.4 Å². The average Bonchev–Trinajstić information content (AvgIpc) is 3.02. The maximum absolute atomic E-state index is 13.6. The summed E-state index contributed by atoms with van der Waals surface area (Å²) in [5.74, 6) is 0.809. The molecule has 1 aliphatic rings. The second-order valence-corrected chi connectivity index (χ2v) is 5.99. The summed E-state index contributed by atoms with van der Waals surface area (Å²) in [5.41, 5.74) is 1.20. The summed E-state index contributed by atoms with van der Waals surface area (Å²) < 4.78 is 13.6. The molecule has 2 aromatic rings. The zero-order chi connectivity index (χ0) is 14.5. The summed E-state index contributed by atoms with van der Waals surface area (Å²) >= 11 is 0. The first-order chi connectivity index (χ1) is 10.3. The Kier molecular flexibility index (Phi) is 4.34. The molecule has 3 rings (SSSR count). The van der Waals surface area contributed by atoms with Gasteiger partial charge >= 0.3 is 0 Å². The Hall–Kier alpha value is -1.68. The van der Waals surface area contributed by atoms with Gasteiger partial charge in [-0.3, -0.25) is 0 Å². The highest BCUT2D eigenvalue weighted by atomic mass is 19.1. The zero-order valence-electron chi connectivity index (χ0n) is 12.2. The highest BCUT2D eigenvalue weighted by Crippen LogP contribution is 2.39. The van der Waals surface area contributed by atoms with Crippen molar-refractivity contribution in [2.24, 2.45) is 0 Å². The van der Waals surface area contributed by atoms with E-state index in [0.29, 0.717) is 0 Å². The molecule has 0 bridgehead atoms. The number of nitrogens with one attached hydrogen (secondary N) is 2. The molecule has 3 nitrogen and oxygen atoms in total. The summed E-state index contributed by atoms with van der Waals surface area (Å²) in [7, 11) is 0. The number of aromatic nitrogens is 2. The molecule has 0 aliphatic heterocycles. The molecule has 1 aliphatic carbocycles.